The Morgan fingerprint density at radius 1 is 1.53 bits per heavy atom. The third-order valence-electron chi connectivity index (χ3n) is 2.59. The van der Waals surface area contributed by atoms with Gasteiger partial charge in [0.1, 0.15) is 0 Å². The summed E-state index contributed by atoms with van der Waals surface area (Å²) in [6, 6.07) is 0. The molecule has 1 heterocycles. The fourth-order valence-corrected chi connectivity index (χ4v) is 2.04. The van der Waals surface area contributed by atoms with Crippen molar-refractivity contribution in [2.45, 2.75) is 13.5 Å². The molecule has 0 radical (unpaired) electrons. The number of hydrogen-bond acceptors (Lipinski definition) is 3. The Hall–Kier alpha value is -1.59. The zero-order valence-electron chi connectivity index (χ0n) is 10.7. The van der Waals surface area contributed by atoms with Gasteiger partial charge in [0.05, 0.1) is 11.8 Å². The van der Waals surface area contributed by atoms with E-state index in [1.54, 1.807) is 29.7 Å². The Balaban J connectivity index is 3.71. The van der Waals surface area contributed by atoms with Crippen LogP contribution in [0.2, 0.25) is 0 Å². The van der Waals surface area contributed by atoms with Crippen molar-refractivity contribution in [3.63, 3.8) is 0 Å². The Morgan fingerprint density at radius 3 is 2.68 bits per heavy atom. The number of allylic oxidation sites excluding steroid dienone is 3. The summed E-state index contributed by atoms with van der Waals surface area (Å²) in [6.07, 6.45) is 6.69. The minimum Gasteiger partial charge on any atom is -0.332 e. The van der Waals surface area contributed by atoms with Gasteiger partial charge in [0.15, 0.2) is 4.77 Å². The first-order chi connectivity index (χ1) is 9.08. The molecule has 1 aromatic rings. The number of aromatic amines is 1. The van der Waals surface area contributed by atoms with Crippen LogP contribution < -0.4 is 16.1 Å². The quantitative estimate of drug-likeness (QED) is 0.503. The van der Waals surface area contributed by atoms with Crippen LogP contribution in [0.4, 0.5) is 0 Å². The lowest BCUT2D eigenvalue weighted by Gasteiger charge is -2.06. The van der Waals surface area contributed by atoms with Gasteiger partial charge in [-0.05, 0) is 36.2 Å². The van der Waals surface area contributed by atoms with Gasteiger partial charge in [-0.2, -0.15) is 12.6 Å². The van der Waals surface area contributed by atoms with Crippen molar-refractivity contribution in [2.24, 2.45) is 0 Å². The summed E-state index contributed by atoms with van der Waals surface area (Å²) in [5, 5.41) is 2.83. The second kappa shape index (κ2) is 7.11. The molecule has 0 amide bonds. The van der Waals surface area contributed by atoms with Gasteiger partial charge < -0.3 is 4.98 Å². The molecule has 0 unspecified atom stereocenters. The standard InChI is InChI=1S/C14H16N2OS2/c1-4-7-11-12(6-3)15-14(19)16(13(11)17)8-10(5-2)9-18/h4-7,9,18H,1-2,8H2,3H3,(H,15,19)/b10-9+,11-7+,12-6+. The molecule has 0 saturated heterocycles. The first-order valence-electron chi connectivity index (χ1n) is 5.67. The van der Waals surface area contributed by atoms with Crippen LogP contribution in [0.1, 0.15) is 6.92 Å². The smallest absolute Gasteiger partial charge is 0.262 e. The average Bonchev–Trinajstić information content (AvgIpc) is 2.42. The monoisotopic (exact) mass is 292 g/mol. The number of H-pyrrole nitrogens is 1. The van der Waals surface area contributed by atoms with Gasteiger partial charge in [0, 0.05) is 5.35 Å². The number of nitrogens with zero attached hydrogens (tertiary/aromatic N) is 1. The molecule has 0 aliphatic rings. The predicted octanol–water partition coefficient (Wildman–Crippen LogP) is 1.67. The van der Waals surface area contributed by atoms with Crippen molar-refractivity contribution in [2.75, 3.05) is 0 Å². The molecule has 0 fully saturated rings. The molecule has 19 heavy (non-hydrogen) atoms. The van der Waals surface area contributed by atoms with Gasteiger partial charge in [-0.3, -0.25) is 9.36 Å². The summed E-state index contributed by atoms with van der Waals surface area (Å²) in [5.74, 6) is 0. The predicted molar refractivity (Wildman–Crippen MR) is 87.2 cm³/mol. The summed E-state index contributed by atoms with van der Waals surface area (Å²) in [5.41, 5.74) is 0.647. The van der Waals surface area contributed by atoms with Gasteiger partial charge in [-0.1, -0.05) is 31.4 Å². The maximum atomic E-state index is 12.4. The third-order valence-corrected chi connectivity index (χ3v) is 3.25. The Kier molecular flexibility index (Phi) is 5.79. The first kappa shape index (κ1) is 15.5. The third kappa shape index (κ3) is 3.45. The number of rotatable bonds is 4. The molecule has 5 heteroatoms. The largest absolute Gasteiger partial charge is 0.332 e. The van der Waals surface area contributed by atoms with E-state index in [1.807, 2.05) is 6.92 Å². The molecule has 0 bridgehead atoms. The van der Waals surface area contributed by atoms with Crippen molar-refractivity contribution in [1.82, 2.24) is 9.55 Å². The molecule has 1 rings (SSSR count). The number of thiol groups is 1. The summed E-state index contributed by atoms with van der Waals surface area (Å²) < 4.78 is 1.84. The van der Waals surface area contributed by atoms with Gasteiger partial charge in [0.2, 0.25) is 0 Å². The zero-order valence-corrected chi connectivity index (χ0v) is 12.4. The Labute approximate surface area is 122 Å². The molecule has 0 aliphatic heterocycles. The van der Waals surface area contributed by atoms with Crippen molar-refractivity contribution in [3.8, 4) is 0 Å². The molecule has 1 aromatic heterocycles. The van der Waals surface area contributed by atoms with Crippen LogP contribution in [0.5, 0.6) is 0 Å². The second-order valence-corrected chi connectivity index (χ2v) is 4.39. The lowest BCUT2D eigenvalue weighted by atomic mass is 10.3. The molecular weight excluding hydrogens is 276 g/mol. The highest BCUT2D eigenvalue weighted by Crippen LogP contribution is 2.00. The van der Waals surface area contributed by atoms with Crippen molar-refractivity contribution in [1.29, 1.82) is 0 Å². The van der Waals surface area contributed by atoms with Crippen molar-refractivity contribution < 1.29 is 0 Å². The molecule has 0 aromatic carbocycles. The van der Waals surface area contributed by atoms with Crippen LogP contribution >= 0.6 is 24.8 Å². The highest BCUT2D eigenvalue weighted by molar-refractivity contribution is 7.83. The molecule has 100 valence electrons. The van der Waals surface area contributed by atoms with Crippen LogP contribution in [0.15, 0.2) is 41.1 Å². The summed E-state index contributed by atoms with van der Waals surface area (Å²) >= 11 is 9.29. The van der Waals surface area contributed by atoms with Crippen LogP contribution in [0.3, 0.4) is 0 Å². The van der Waals surface area contributed by atoms with Gasteiger partial charge in [-0.15, -0.1) is 0 Å². The second-order valence-electron chi connectivity index (χ2n) is 3.75. The summed E-state index contributed by atoms with van der Waals surface area (Å²) in [7, 11) is 0. The van der Waals surface area contributed by atoms with Crippen molar-refractivity contribution >= 4 is 37.0 Å². The number of nitrogens with one attached hydrogen (secondary N) is 1. The Bertz CT molecular complexity index is 751. The normalized spacial score (nSPS) is 13.7. The van der Waals surface area contributed by atoms with E-state index in [0.717, 1.165) is 5.57 Å². The van der Waals surface area contributed by atoms with Crippen LogP contribution in [-0.2, 0) is 6.54 Å². The molecule has 0 aliphatic carbocycles. The van der Waals surface area contributed by atoms with Crippen LogP contribution in [0, 0.1) is 4.77 Å². The molecule has 0 spiro atoms. The van der Waals surface area contributed by atoms with Crippen LogP contribution in [-0.4, -0.2) is 9.55 Å². The van der Waals surface area contributed by atoms with E-state index in [2.05, 4.69) is 30.8 Å². The minimum absolute atomic E-state index is 0.161. The number of aromatic nitrogens is 2. The highest BCUT2D eigenvalue weighted by Gasteiger charge is 2.03. The van der Waals surface area contributed by atoms with E-state index in [-0.39, 0.29) is 5.56 Å². The van der Waals surface area contributed by atoms with E-state index in [4.69, 9.17) is 12.2 Å². The molecule has 3 nitrogen and oxygen atoms in total. The molecule has 1 N–H and O–H groups in total. The van der Waals surface area contributed by atoms with Gasteiger partial charge in [0.25, 0.3) is 5.56 Å². The topological polar surface area (TPSA) is 37.8 Å². The van der Waals surface area contributed by atoms with Crippen LogP contribution in [0.25, 0.3) is 12.2 Å². The fourth-order valence-electron chi connectivity index (χ4n) is 1.59. The number of hydrogen-bond donors (Lipinski definition) is 2. The maximum Gasteiger partial charge on any atom is 0.262 e. The summed E-state index contributed by atoms with van der Waals surface area (Å²) in [6.45, 7) is 9.47. The molecule has 0 atom stereocenters. The van der Waals surface area contributed by atoms with E-state index in [9.17, 15) is 4.79 Å². The van der Waals surface area contributed by atoms with E-state index in [1.165, 1.54) is 4.57 Å². The minimum atomic E-state index is -0.161. The summed E-state index contributed by atoms with van der Waals surface area (Å²) in [4.78, 5) is 15.4. The maximum absolute atomic E-state index is 12.4. The molecular formula is C14H16N2OS2. The van der Waals surface area contributed by atoms with Crippen molar-refractivity contribution in [3.05, 3.63) is 62.0 Å². The lowest BCUT2D eigenvalue weighted by Crippen LogP contribution is -2.47. The van der Waals surface area contributed by atoms with E-state index >= 15 is 0 Å². The average molecular weight is 292 g/mol. The van der Waals surface area contributed by atoms with E-state index in [0.29, 0.717) is 21.9 Å². The van der Waals surface area contributed by atoms with Gasteiger partial charge in [-0.25, -0.2) is 0 Å². The highest BCUT2D eigenvalue weighted by atomic mass is 32.1. The van der Waals surface area contributed by atoms with E-state index < -0.39 is 0 Å². The first-order valence-corrected chi connectivity index (χ1v) is 6.59. The zero-order chi connectivity index (χ0) is 14.4. The fraction of sp³-hybridized carbons (Fsp3) is 0.143. The lowest BCUT2D eigenvalue weighted by molar-refractivity contribution is 0.709. The SMILES string of the molecule is C=C/C=c1/c(=O)n(C/C(C=C)=C/S)c(=S)[nH]/c1=C/C. The Morgan fingerprint density at radius 2 is 2.21 bits per heavy atom. The van der Waals surface area contributed by atoms with Gasteiger partial charge >= 0.3 is 0 Å². The molecule has 0 saturated carbocycles.